The van der Waals surface area contributed by atoms with Crippen LogP contribution in [0.25, 0.3) is 22.4 Å². The van der Waals surface area contributed by atoms with Gasteiger partial charge in [-0.1, -0.05) is 0 Å². The molecule has 6 heteroatoms. The zero-order valence-corrected chi connectivity index (χ0v) is 10.5. The van der Waals surface area contributed by atoms with Crippen molar-refractivity contribution in [2.45, 2.75) is 0 Å². The molecule has 2 N–H and O–H groups in total. The maximum atomic E-state index is 11.4. The monoisotopic (exact) mass is 269 g/mol. The largest absolute Gasteiger partial charge is 0.486 e. The number of nitrogens with one attached hydrogen (secondary N) is 2. The summed E-state index contributed by atoms with van der Waals surface area (Å²) in [5.74, 6) is 2.06. The van der Waals surface area contributed by atoms with Gasteiger partial charge in [-0.05, 0) is 6.07 Å². The van der Waals surface area contributed by atoms with Gasteiger partial charge in [0.2, 0.25) is 5.56 Å². The summed E-state index contributed by atoms with van der Waals surface area (Å²) in [5.41, 5.74) is 2.22. The lowest BCUT2D eigenvalue weighted by atomic mass is 10.2. The van der Waals surface area contributed by atoms with Crippen LogP contribution in [0.5, 0.6) is 11.5 Å². The molecule has 0 radical (unpaired) electrons. The number of aromatic amines is 2. The Morgan fingerprint density at radius 3 is 2.70 bits per heavy atom. The van der Waals surface area contributed by atoms with Crippen molar-refractivity contribution in [1.82, 2.24) is 15.0 Å². The predicted octanol–water partition coefficient (Wildman–Crippen LogP) is 1.69. The van der Waals surface area contributed by atoms with Crippen LogP contribution in [0.1, 0.15) is 0 Å². The number of H-pyrrole nitrogens is 2. The Hall–Kier alpha value is -2.76. The molecule has 0 fully saturated rings. The number of imidazole rings is 1. The van der Waals surface area contributed by atoms with Crippen LogP contribution in [-0.4, -0.2) is 28.2 Å². The molecule has 1 aromatic carbocycles. The van der Waals surface area contributed by atoms with Crippen molar-refractivity contribution in [2.75, 3.05) is 13.2 Å². The first kappa shape index (κ1) is 11.1. The van der Waals surface area contributed by atoms with E-state index in [0.717, 1.165) is 16.6 Å². The molecular formula is C14H11N3O3. The molecule has 0 saturated heterocycles. The number of hydrogen-bond donors (Lipinski definition) is 2. The van der Waals surface area contributed by atoms with Gasteiger partial charge in [0, 0.05) is 30.0 Å². The standard InChI is InChI=1S/C14H11N3O3/c18-13-5-8(1-2-15-13)14-16-9-6-11-12(7-10(9)17-14)20-4-3-19-11/h1-2,5-7H,3-4H2,(H,15,18)(H,16,17). The topological polar surface area (TPSA) is 80.0 Å². The number of pyridine rings is 1. The Morgan fingerprint density at radius 1 is 1.10 bits per heavy atom. The Balaban J connectivity index is 1.88. The fourth-order valence-electron chi connectivity index (χ4n) is 2.28. The fraction of sp³-hybridized carbons (Fsp3) is 0.143. The minimum absolute atomic E-state index is 0.158. The first-order chi connectivity index (χ1) is 9.79. The van der Waals surface area contributed by atoms with Crippen molar-refractivity contribution in [3.63, 3.8) is 0 Å². The van der Waals surface area contributed by atoms with Crippen LogP contribution in [0.2, 0.25) is 0 Å². The van der Waals surface area contributed by atoms with E-state index in [9.17, 15) is 4.79 Å². The molecule has 0 amide bonds. The van der Waals surface area contributed by atoms with Gasteiger partial charge in [0.05, 0.1) is 11.0 Å². The van der Waals surface area contributed by atoms with E-state index in [1.54, 1.807) is 12.3 Å². The van der Waals surface area contributed by atoms with Crippen molar-refractivity contribution in [2.24, 2.45) is 0 Å². The van der Waals surface area contributed by atoms with Crippen LogP contribution in [0.4, 0.5) is 0 Å². The number of hydrogen-bond acceptors (Lipinski definition) is 4. The number of fused-ring (bicyclic) bond motifs is 2. The highest BCUT2D eigenvalue weighted by atomic mass is 16.6. The minimum atomic E-state index is -0.158. The molecule has 4 rings (SSSR count). The maximum absolute atomic E-state index is 11.4. The van der Waals surface area contributed by atoms with Crippen LogP contribution in [0, 0.1) is 0 Å². The summed E-state index contributed by atoms with van der Waals surface area (Å²) < 4.78 is 11.1. The number of ether oxygens (including phenoxy) is 2. The van der Waals surface area contributed by atoms with Gasteiger partial charge in [-0.15, -0.1) is 0 Å². The molecule has 0 bridgehead atoms. The highest BCUT2D eigenvalue weighted by Crippen LogP contribution is 2.34. The molecule has 0 spiro atoms. The number of nitrogens with zero attached hydrogens (tertiary/aromatic N) is 1. The average molecular weight is 269 g/mol. The van der Waals surface area contributed by atoms with Crippen molar-refractivity contribution in [1.29, 1.82) is 0 Å². The van der Waals surface area contributed by atoms with Crippen LogP contribution < -0.4 is 15.0 Å². The first-order valence-corrected chi connectivity index (χ1v) is 6.28. The van der Waals surface area contributed by atoms with E-state index in [2.05, 4.69) is 15.0 Å². The van der Waals surface area contributed by atoms with Gasteiger partial charge in [0.25, 0.3) is 0 Å². The summed E-state index contributed by atoms with van der Waals surface area (Å²) >= 11 is 0. The second-order valence-electron chi connectivity index (χ2n) is 4.54. The smallest absolute Gasteiger partial charge is 0.248 e. The highest BCUT2D eigenvalue weighted by molar-refractivity contribution is 5.83. The third-order valence-corrected chi connectivity index (χ3v) is 3.19. The van der Waals surface area contributed by atoms with Gasteiger partial charge in [-0.2, -0.15) is 0 Å². The van der Waals surface area contributed by atoms with E-state index < -0.39 is 0 Å². The van der Waals surface area contributed by atoms with Gasteiger partial charge in [-0.3, -0.25) is 4.79 Å². The second-order valence-corrected chi connectivity index (χ2v) is 4.54. The zero-order valence-electron chi connectivity index (χ0n) is 10.5. The van der Waals surface area contributed by atoms with Gasteiger partial charge in [0.1, 0.15) is 19.0 Å². The molecule has 20 heavy (non-hydrogen) atoms. The first-order valence-electron chi connectivity index (χ1n) is 6.28. The second kappa shape index (κ2) is 4.12. The lowest BCUT2D eigenvalue weighted by Gasteiger charge is -2.17. The van der Waals surface area contributed by atoms with Crippen molar-refractivity contribution in [3.05, 3.63) is 40.8 Å². The summed E-state index contributed by atoms with van der Waals surface area (Å²) in [6.07, 6.45) is 1.60. The highest BCUT2D eigenvalue weighted by Gasteiger charge is 2.15. The molecule has 3 heterocycles. The van der Waals surface area contributed by atoms with E-state index in [1.165, 1.54) is 6.07 Å². The van der Waals surface area contributed by atoms with E-state index in [0.29, 0.717) is 30.5 Å². The van der Waals surface area contributed by atoms with Gasteiger partial charge >= 0.3 is 0 Å². The predicted molar refractivity (Wildman–Crippen MR) is 73.1 cm³/mol. The molecule has 0 aliphatic carbocycles. The van der Waals surface area contributed by atoms with Crippen LogP contribution >= 0.6 is 0 Å². The molecule has 0 unspecified atom stereocenters. The van der Waals surface area contributed by atoms with Crippen molar-refractivity contribution >= 4 is 11.0 Å². The Morgan fingerprint density at radius 2 is 1.90 bits per heavy atom. The molecule has 100 valence electrons. The number of rotatable bonds is 1. The quantitative estimate of drug-likeness (QED) is 0.704. The lowest BCUT2D eigenvalue weighted by molar-refractivity contribution is 0.172. The van der Waals surface area contributed by atoms with E-state index in [1.807, 2.05) is 12.1 Å². The molecule has 6 nitrogen and oxygen atoms in total. The van der Waals surface area contributed by atoms with E-state index in [-0.39, 0.29) is 5.56 Å². The number of benzene rings is 1. The molecule has 3 aromatic rings. The zero-order chi connectivity index (χ0) is 13.5. The molecular weight excluding hydrogens is 258 g/mol. The SMILES string of the molecule is O=c1cc(-c2nc3cc4c(cc3[nH]2)OCCO4)cc[nH]1. The van der Waals surface area contributed by atoms with Crippen LogP contribution in [0.3, 0.4) is 0 Å². The van der Waals surface area contributed by atoms with Crippen LogP contribution in [0.15, 0.2) is 35.3 Å². The summed E-state index contributed by atoms with van der Waals surface area (Å²) in [5, 5.41) is 0. The molecule has 0 saturated carbocycles. The van der Waals surface area contributed by atoms with Crippen molar-refractivity contribution < 1.29 is 9.47 Å². The molecule has 2 aromatic heterocycles. The summed E-state index contributed by atoms with van der Waals surface area (Å²) in [7, 11) is 0. The molecule has 1 aliphatic rings. The van der Waals surface area contributed by atoms with Gasteiger partial charge < -0.3 is 19.4 Å². The lowest BCUT2D eigenvalue weighted by Crippen LogP contribution is -2.15. The van der Waals surface area contributed by atoms with E-state index >= 15 is 0 Å². The van der Waals surface area contributed by atoms with Crippen LogP contribution in [-0.2, 0) is 0 Å². The van der Waals surface area contributed by atoms with Crippen molar-refractivity contribution in [3.8, 4) is 22.9 Å². The molecule has 0 atom stereocenters. The Bertz CT molecular complexity index is 807. The minimum Gasteiger partial charge on any atom is -0.486 e. The Kier molecular flexibility index (Phi) is 2.29. The third kappa shape index (κ3) is 1.73. The molecule has 1 aliphatic heterocycles. The average Bonchev–Trinajstić information content (AvgIpc) is 2.87. The third-order valence-electron chi connectivity index (χ3n) is 3.19. The maximum Gasteiger partial charge on any atom is 0.248 e. The normalized spacial score (nSPS) is 13.6. The number of aromatic nitrogens is 3. The fourth-order valence-corrected chi connectivity index (χ4v) is 2.28. The Labute approximate surface area is 113 Å². The van der Waals surface area contributed by atoms with Gasteiger partial charge in [0.15, 0.2) is 11.5 Å². The summed E-state index contributed by atoms with van der Waals surface area (Å²) in [6.45, 7) is 1.09. The van der Waals surface area contributed by atoms with Gasteiger partial charge in [-0.25, -0.2) is 4.98 Å². The summed E-state index contributed by atoms with van der Waals surface area (Å²) in [6, 6.07) is 7.02. The summed E-state index contributed by atoms with van der Waals surface area (Å²) in [4.78, 5) is 21.6. The van der Waals surface area contributed by atoms with E-state index in [4.69, 9.17) is 9.47 Å².